The minimum atomic E-state index is -0.694. The van der Waals surface area contributed by atoms with Gasteiger partial charge in [0, 0.05) is 12.5 Å². The summed E-state index contributed by atoms with van der Waals surface area (Å²) in [5.41, 5.74) is 0.858. The van der Waals surface area contributed by atoms with Gasteiger partial charge < -0.3 is 10.1 Å². The van der Waals surface area contributed by atoms with E-state index in [1.165, 1.54) is 17.4 Å². The van der Waals surface area contributed by atoms with Gasteiger partial charge in [0.15, 0.2) is 0 Å². The van der Waals surface area contributed by atoms with Crippen LogP contribution in [0.3, 0.4) is 0 Å². The van der Waals surface area contributed by atoms with Gasteiger partial charge in [-0.15, -0.1) is 10.2 Å². The van der Waals surface area contributed by atoms with Gasteiger partial charge >= 0.3 is 0 Å². The SMILES string of the molecule is CCCCc1nnc(NC(=O)C(C)NC(=O)/C=C/c2ccc(OC)cc2)s1. The number of aromatic nitrogens is 2. The Morgan fingerprint density at radius 3 is 2.67 bits per heavy atom. The number of nitrogens with zero attached hydrogens (tertiary/aromatic N) is 2. The first-order valence-electron chi connectivity index (χ1n) is 8.77. The number of hydrogen-bond donors (Lipinski definition) is 2. The fraction of sp³-hybridized carbons (Fsp3) is 0.368. The van der Waals surface area contributed by atoms with Gasteiger partial charge in [-0.2, -0.15) is 0 Å². The van der Waals surface area contributed by atoms with Crippen molar-refractivity contribution in [3.63, 3.8) is 0 Å². The number of benzene rings is 1. The standard InChI is InChI=1S/C19H24N4O3S/c1-4-5-6-17-22-23-19(27-17)21-18(25)13(2)20-16(24)12-9-14-7-10-15(26-3)11-8-14/h7-13H,4-6H2,1-3H3,(H,20,24)(H,21,23,25)/b12-9+. The Hall–Kier alpha value is -2.74. The highest BCUT2D eigenvalue weighted by Crippen LogP contribution is 2.17. The predicted octanol–water partition coefficient (Wildman–Crippen LogP) is 3.05. The summed E-state index contributed by atoms with van der Waals surface area (Å²) in [5, 5.41) is 14.7. The normalized spacial score (nSPS) is 12.0. The van der Waals surface area contributed by atoms with Crippen LogP contribution in [0.15, 0.2) is 30.3 Å². The molecule has 0 fully saturated rings. The lowest BCUT2D eigenvalue weighted by atomic mass is 10.2. The highest BCUT2D eigenvalue weighted by molar-refractivity contribution is 7.15. The molecule has 0 aliphatic carbocycles. The average molecular weight is 388 g/mol. The van der Waals surface area contributed by atoms with Crippen LogP contribution in [-0.4, -0.2) is 35.2 Å². The highest BCUT2D eigenvalue weighted by atomic mass is 32.1. The summed E-state index contributed by atoms with van der Waals surface area (Å²) in [6.45, 7) is 3.73. The van der Waals surface area contributed by atoms with E-state index in [-0.39, 0.29) is 11.8 Å². The Labute approximate surface area is 162 Å². The Kier molecular flexibility index (Phi) is 7.94. The molecule has 2 rings (SSSR count). The Balaban J connectivity index is 1.82. The van der Waals surface area contributed by atoms with Gasteiger partial charge in [-0.05, 0) is 37.1 Å². The summed E-state index contributed by atoms with van der Waals surface area (Å²) in [6, 6.07) is 6.60. The van der Waals surface area contributed by atoms with Gasteiger partial charge in [0.1, 0.15) is 16.8 Å². The van der Waals surface area contributed by atoms with Crippen LogP contribution >= 0.6 is 11.3 Å². The van der Waals surface area contributed by atoms with Crippen molar-refractivity contribution in [3.8, 4) is 5.75 Å². The average Bonchev–Trinajstić information content (AvgIpc) is 3.12. The topological polar surface area (TPSA) is 93.2 Å². The molecule has 2 N–H and O–H groups in total. The second kappa shape index (κ2) is 10.4. The van der Waals surface area contributed by atoms with Crippen LogP contribution in [0.1, 0.15) is 37.3 Å². The molecule has 1 heterocycles. The van der Waals surface area contributed by atoms with Crippen LogP contribution in [0.2, 0.25) is 0 Å². The maximum Gasteiger partial charge on any atom is 0.248 e. The maximum absolute atomic E-state index is 12.2. The lowest BCUT2D eigenvalue weighted by Gasteiger charge is -2.11. The van der Waals surface area contributed by atoms with E-state index in [1.807, 2.05) is 24.3 Å². The van der Waals surface area contributed by atoms with Gasteiger partial charge in [-0.1, -0.05) is 36.8 Å². The number of methoxy groups -OCH3 is 1. The van der Waals surface area contributed by atoms with Crippen LogP contribution in [0.25, 0.3) is 6.08 Å². The fourth-order valence-corrected chi connectivity index (χ4v) is 2.95. The molecule has 27 heavy (non-hydrogen) atoms. The summed E-state index contributed by atoms with van der Waals surface area (Å²) in [6.07, 6.45) is 6.03. The number of nitrogens with one attached hydrogen (secondary N) is 2. The van der Waals surface area contributed by atoms with Crippen LogP contribution < -0.4 is 15.4 Å². The number of amides is 2. The zero-order chi connectivity index (χ0) is 19.6. The van der Waals surface area contributed by atoms with Gasteiger partial charge in [0.05, 0.1) is 7.11 Å². The molecular formula is C19H24N4O3S. The van der Waals surface area contributed by atoms with E-state index < -0.39 is 6.04 Å². The molecule has 0 radical (unpaired) electrons. The second-order valence-electron chi connectivity index (χ2n) is 5.93. The summed E-state index contributed by atoms with van der Waals surface area (Å²) >= 11 is 1.36. The van der Waals surface area contributed by atoms with Crippen molar-refractivity contribution in [2.45, 2.75) is 39.2 Å². The van der Waals surface area contributed by atoms with E-state index >= 15 is 0 Å². The molecule has 1 unspecified atom stereocenters. The summed E-state index contributed by atoms with van der Waals surface area (Å²) in [5.74, 6) is 0.0604. The molecule has 0 aliphatic rings. The van der Waals surface area contributed by atoms with Crippen molar-refractivity contribution in [2.75, 3.05) is 12.4 Å². The molecule has 0 saturated carbocycles. The first kappa shape index (κ1) is 20.6. The van der Waals surface area contributed by atoms with Crippen LogP contribution in [-0.2, 0) is 16.0 Å². The van der Waals surface area contributed by atoms with Crippen molar-refractivity contribution < 1.29 is 14.3 Å². The summed E-state index contributed by atoms with van der Waals surface area (Å²) in [7, 11) is 1.60. The van der Waals surface area contributed by atoms with E-state index in [1.54, 1.807) is 20.1 Å². The number of carbonyl (C=O) groups excluding carboxylic acids is 2. The number of rotatable bonds is 9. The van der Waals surface area contributed by atoms with Crippen LogP contribution in [0, 0.1) is 0 Å². The maximum atomic E-state index is 12.2. The van der Waals surface area contributed by atoms with Crippen molar-refractivity contribution >= 4 is 34.4 Å². The molecule has 1 aromatic heterocycles. The molecule has 1 aromatic carbocycles. The minimum absolute atomic E-state index is 0.334. The number of carbonyl (C=O) groups is 2. The number of hydrogen-bond acceptors (Lipinski definition) is 6. The monoisotopic (exact) mass is 388 g/mol. The van der Waals surface area contributed by atoms with E-state index in [2.05, 4.69) is 27.8 Å². The molecular weight excluding hydrogens is 364 g/mol. The number of unbranched alkanes of at least 4 members (excludes halogenated alkanes) is 1. The first-order chi connectivity index (χ1) is 13.0. The Morgan fingerprint density at radius 2 is 2.00 bits per heavy atom. The second-order valence-corrected chi connectivity index (χ2v) is 6.99. The Morgan fingerprint density at radius 1 is 1.26 bits per heavy atom. The third kappa shape index (κ3) is 6.82. The molecule has 0 bridgehead atoms. The molecule has 7 nitrogen and oxygen atoms in total. The van der Waals surface area contributed by atoms with Gasteiger partial charge in [-0.3, -0.25) is 14.9 Å². The van der Waals surface area contributed by atoms with Gasteiger partial charge in [-0.25, -0.2) is 0 Å². The molecule has 144 valence electrons. The third-order valence-electron chi connectivity index (χ3n) is 3.74. The van der Waals surface area contributed by atoms with Crippen LogP contribution in [0.5, 0.6) is 5.75 Å². The van der Waals surface area contributed by atoms with Crippen molar-refractivity contribution in [1.29, 1.82) is 0 Å². The molecule has 0 spiro atoms. The first-order valence-corrected chi connectivity index (χ1v) is 9.59. The van der Waals surface area contributed by atoms with E-state index in [0.29, 0.717) is 5.13 Å². The molecule has 1 atom stereocenters. The molecule has 0 aliphatic heterocycles. The van der Waals surface area contributed by atoms with E-state index in [9.17, 15) is 9.59 Å². The van der Waals surface area contributed by atoms with Gasteiger partial charge in [0.2, 0.25) is 16.9 Å². The predicted molar refractivity (Wildman–Crippen MR) is 107 cm³/mol. The van der Waals surface area contributed by atoms with Crippen molar-refractivity contribution in [2.24, 2.45) is 0 Å². The molecule has 0 saturated heterocycles. The largest absolute Gasteiger partial charge is 0.497 e. The Bertz CT molecular complexity index is 787. The van der Waals surface area contributed by atoms with Crippen LogP contribution in [0.4, 0.5) is 5.13 Å². The summed E-state index contributed by atoms with van der Waals surface area (Å²) < 4.78 is 5.09. The molecule has 2 aromatic rings. The quantitative estimate of drug-likeness (QED) is 0.644. The highest BCUT2D eigenvalue weighted by Gasteiger charge is 2.16. The minimum Gasteiger partial charge on any atom is -0.497 e. The number of ether oxygens (including phenoxy) is 1. The number of aryl methyl sites for hydroxylation is 1. The lowest BCUT2D eigenvalue weighted by molar-refractivity contribution is -0.123. The fourth-order valence-electron chi connectivity index (χ4n) is 2.16. The van der Waals surface area contributed by atoms with E-state index in [0.717, 1.165) is 35.6 Å². The third-order valence-corrected chi connectivity index (χ3v) is 4.63. The number of anilines is 1. The molecule has 8 heteroatoms. The zero-order valence-corrected chi connectivity index (χ0v) is 16.5. The summed E-state index contributed by atoms with van der Waals surface area (Å²) in [4.78, 5) is 24.2. The smallest absolute Gasteiger partial charge is 0.248 e. The zero-order valence-electron chi connectivity index (χ0n) is 15.7. The lowest BCUT2D eigenvalue weighted by Crippen LogP contribution is -2.40. The van der Waals surface area contributed by atoms with Crippen molar-refractivity contribution in [3.05, 3.63) is 40.9 Å². The van der Waals surface area contributed by atoms with Crippen molar-refractivity contribution in [1.82, 2.24) is 15.5 Å². The van der Waals surface area contributed by atoms with E-state index in [4.69, 9.17) is 4.74 Å². The van der Waals surface area contributed by atoms with Gasteiger partial charge in [0.25, 0.3) is 0 Å². The molecule has 2 amide bonds.